The summed E-state index contributed by atoms with van der Waals surface area (Å²) in [5.74, 6) is -0.464. The summed E-state index contributed by atoms with van der Waals surface area (Å²) in [6.45, 7) is 1.48. The fourth-order valence-electron chi connectivity index (χ4n) is 2.33. The van der Waals surface area contributed by atoms with Gasteiger partial charge in [0.25, 0.3) is 0 Å². The molecule has 0 amide bonds. The molecule has 0 saturated carbocycles. The van der Waals surface area contributed by atoms with Crippen molar-refractivity contribution in [1.82, 2.24) is 4.98 Å². The van der Waals surface area contributed by atoms with Gasteiger partial charge in [-0.25, -0.2) is 4.79 Å². The number of oxazole rings is 1. The van der Waals surface area contributed by atoms with Gasteiger partial charge in [0.2, 0.25) is 0 Å². The molecule has 1 aliphatic rings. The van der Waals surface area contributed by atoms with E-state index in [0.717, 1.165) is 18.7 Å². The van der Waals surface area contributed by atoms with Gasteiger partial charge in [-0.3, -0.25) is 4.98 Å². The van der Waals surface area contributed by atoms with Crippen LogP contribution < -0.4 is 16.4 Å². The monoisotopic (exact) mass is 249 g/mol. The van der Waals surface area contributed by atoms with Crippen molar-refractivity contribution in [3.8, 4) is 0 Å². The first-order valence-electron chi connectivity index (χ1n) is 5.88. The van der Waals surface area contributed by atoms with Crippen LogP contribution in [0, 0.1) is 0 Å². The number of nitrogen functional groups attached to an aromatic ring is 1. The highest BCUT2D eigenvalue weighted by Gasteiger charge is 2.22. The number of nitrogens with zero attached hydrogens (tertiary/aromatic N) is 1. The molecule has 0 bridgehead atoms. The molecule has 6 nitrogen and oxygen atoms in total. The first-order valence-corrected chi connectivity index (χ1v) is 5.88. The minimum absolute atomic E-state index is 0.323. The van der Waals surface area contributed by atoms with Crippen LogP contribution in [0.3, 0.4) is 0 Å². The third-order valence-electron chi connectivity index (χ3n) is 3.40. The molecule has 1 unspecified atom stereocenters. The molecule has 18 heavy (non-hydrogen) atoms. The topological polar surface area (TPSA) is 84.5 Å². The number of ether oxygens (including phenoxy) is 1. The highest BCUT2D eigenvalue weighted by Crippen LogP contribution is 2.29. The molecule has 1 saturated heterocycles. The molecule has 1 aromatic carbocycles. The zero-order chi connectivity index (χ0) is 12.7. The maximum Gasteiger partial charge on any atom is 0.417 e. The SMILES string of the molecule is CN(c1cc2[nH]c(=O)oc2cc1N)C1CCOC1. The quantitative estimate of drug-likeness (QED) is 0.773. The molecule has 3 N–H and O–H groups in total. The molecule has 3 rings (SSSR count). The summed E-state index contributed by atoms with van der Waals surface area (Å²) in [5.41, 5.74) is 8.63. The molecule has 2 aromatic rings. The Balaban J connectivity index is 2.04. The first-order chi connectivity index (χ1) is 8.65. The van der Waals surface area contributed by atoms with E-state index in [1.807, 2.05) is 13.1 Å². The Kier molecular flexibility index (Phi) is 2.52. The highest BCUT2D eigenvalue weighted by atomic mass is 16.5. The number of rotatable bonds is 2. The van der Waals surface area contributed by atoms with Crippen LogP contribution in [-0.2, 0) is 4.74 Å². The molecule has 96 valence electrons. The Morgan fingerprint density at radius 2 is 2.33 bits per heavy atom. The van der Waals surface area contributed by atoms with Gasteiger partial charge in [-0.15, -0.1) is 0 Å². The van der Waals surface area contributed by atoms with Crippen molar-refractivity contribution in [3.05, 3.63) is 22.7 Å². The Labute approximate surface area is 103 Å². The zero-order valence-electron chi connectivity index (χ0n) is 10.1. The van der Waals surface area contributed by atoms with Crippen molar-refractivity contribution in [3.63, 3.8) is 0 Å². The summed E-state index contributed by atoms with van der Waals surface area (Å²) in [6, 6.07) is 3.84. The fourth-order valence-corrected chi connectivity index (χ4v) is 2.33. The number of nitrogens with two attached hydrogens (primary N) is 1. The van der Waals surface area contributed by atoms with Gasteiger partial charge in [0.05, 0.1) is 29.5 Å². The van der Waals surface area contributed by atoms with E-state index in [4.69, 9.17) is 14.9 Å². The van der Waals surface area contributed by atoms with Crippen LogP contribution in [0.1, 0.15) is 6.42 Å². The van der Waals surface area contributed by atoms with E-state index in [1.54, 1.807) is 6.07 Å². The number of likely N-dealkylation sites (N-methyl/N-ethyl adjacent to an activating group) is 1. The lowest BCUT2D eigenvalue weighted by Crippen LogP contribution is -2.32. The number of nitrogens with one attached hydrogen (secondary N) is 1. The number of H-pyrrole nitrogens is 1. The molecule has 0 radical (unpaired) electrons. The molecule has 0 aliphatic carbocycles. The number of benzene rings is 1. The van der Waals surface area contributed by atoms with E-state index >= 15 is 0 Å². The summed E-state index contributed by atoms with van der Waals surface area (Å²) in [5, 5.41) is 0. The average molecular weight is 249 g/mol. The minimum Gasteiger partial charge on any atom is -0.408 e. The van der Waals surface area contributed by atoms with E-state index in [-0.39, 0.29) is 0 Å². The first kappa shape index (κ1) is 11.2. The Bertz CT molecular complexity index is 625. The standard InChI is InChI=1S/C12H15N3O3/c1-15(7-2-3-17-6-7)10-5-9-11(4-8(10)13)18-12(16)14-9/h4-5,7H,2-3,6,13H2,1H3,(H,14,16). The van der Waals surface area contributed by atoms with Crippen LogP contribution in [0.5, 0.6) is 0 Å². The largest absolute Gasteiger partial charge is 0.417 e. The normalized spacial score (nSPS) is 19.5. The van der Waals surface area contributed by atoms with Gasteiger partial charge in [-0.1, -0.05) is 0 Å². The number of anilines is 2. The maximum atomic E-state index is 11.1. The summed E-state index contributed by atoms with van der Waals surface area (Å²) in [6.07, 6.45) is 0.982. The second kappa shape index (κ2) is 4.06. The van der Waals surface area contributed by atoms with Gasteiger partial charge < -0.3 is 19.8 Å². The van der Waals surface area contributed by atoms with E-state index in [0.29, 0.717) is 29.4 Å². The van der Waals surface area contributed by atoms with Crippen molar-refractivity contribution in [2.75, 3.05) is 30.9 Å². The van der Waals surface area contributed by atoms with E-state index in [2.05, 4.69) is 9.88 Å². The highest BCUT2D eigenvalue weighted by molar-refractivity contribution is 5.85. The molecule has 0 spiro atoms. The maximum absolute atomic E-state index is 11.1. The molecule has 1 aromatic heterocycles. The number of hydrogen-bond acceptors (Lipinski definition) is 5. The average Bonchev–Trinajstić information content (AvgIpc) is 2.94. The number of hydrogen-bond donors (Lipinski definition) is 2. The molecule has 1 fully saturated rings. The van der Waals surface area contributed by atoms with E-state index in [1.165, 1.54) is 0 Å². The molecule has 1 aliphatic heterocycles. The van der Waals surface area contributed by atoms with Crippen LogP contribution >= 0.6 is 0 Å². The van der Waals surface area contributed by atoms with Gasteiger partial charge in [-0.2, -0.15) is 0 Å². The van der Waals surface area contributed by atoms with Gasteiger partial charge in [0.15, 0.2) is 5.58 Å². The second-order valence-corrected chi connectivity index (χ2v) is 4.55. The van der Waals surface area contributed by atoms with Crippen LogP contribution in [-0.4, -0.2) is 31.3 Å². The minimum atomic E-state index is -0.464. The number of fused-ring (bicyclic) bond motifs is 1. The summed E-state index contributed by atoms with van der Waals surface area (Å²) in [4.78, 5) is 15.9. The molecule has 2 heterocycles. The molecular weight excluding hydrogens is 234 g/mol. The molecule has 6 heteroatoms. The van der Waals surface area contributed by atoms with E-state index in [9.17, 15) is 4.79 Å². The fraction of sp³-hybridized carbons (Fsp3) is 0.417. The molecular formula is C12H15N3O3. The van der Waals surface area contributed by atoms with Gasteiger partial charge >= 0.3 is 5.76 Å². The zero-order valence-corrected chi connectivity index (χ0v) is 10.1. The van der Waals surface area contributed by atoms with Crippen LogP contribution in [0.2, 0.25) is 0 Å². The van der Waals surface area contributed by atoms with E-state index < -0.39 is 5.76 Å². The Hall–Kier alpha value is -1.95. The lowest BCUT2D eigenvalue weighted by atomic mass is 10.1. The Morgan fingerprint density at radius 3 is 3.06 bits per heavy atom. The van der Waals surface area contributed by atoms with Crippen LogP contribution in [0.15, 0.2) is 21.3 Å². The second-order valence-electron chi connectivity index (χ2n) is 4.55. The number of aromatic amines is 1. The van der Waals surface area contributed by atoms with Crippen molar-refractivity contribution in [2.45, 2.75) is 12.5 Å². The summed E-state index contributed by atoms with van der Waals surface area (Å²) in [7, 11) is 1.98. The molecule has 1 atom stereocenters. The predicted octanol–water partition coefficient (Wildman–Crippen LogP) is 0.928. The Morgan fingerprint density at radius 1 is 1.50 bits per heavy atom. The smallest absolute Gasteiger partial charge is 0.408 e. The number of aromatic nitrogens is 1. The summed E-state index contributed by atoms with van der Waals surface area (Å²) < 4.78 is 10.3. The van der Waals surface area contributed by atoms with Gasteiger partial charge in [-0.05, 0) is 12.5 Å². The van der Waals surface area contributed by atoms with Crippen LogP contribution in [0.4, 0.5) is 11.4 Å². The van der Waals surface area contributed by atoms with Crippen molar-refractivity contribution >= 4 is 22.5 Å². The summed E-state index contributed by atoms with van der Waals surface area (Å²) >= 11 is 0. The third kappa shape index (κ3) is 1.74. The predicted molar refractivity (Wildman–Crippen MR) is 68.9 cm³/mol. The van der Waals surface area contributed by atoms with Gasteiger partial charge in [0.1, 0.15) is 0 Å². The van der Waals surface area contributed by atoms with Gasteiger partial charge in [0, 0.05) is 19.7 Å². The van der Waals surface area contributed by atoms with Crippen molar-refractivity contribution in [2.24, 2.45) is 0 Å². The lowest BCUT2D eigenvalue weighted by molar-refractivity contribution is 0.193. The lowest BCUT2D eigenvalue weighted by Gasteiger charge is -2.26. The third-order valence-corrected chi connectivity index (χ3v) is 3.40. The van der Waals surface area contributed by atoms with Crippen molar-refractivity contribution in [1.29, 1.82) is 0 Å². The van der Waals surface area contributed by atoms with Crippen LogP contribution in [0.25, 0.3) is 11.1 Å². The van der Waals surface area contributed by atoms with Crippen molar-refractivity contribution < 1.29 is 9.15 Å².